The molecule has 0 aliphatic carbocycles. The number of aliphatic hydroxyl groups is 1. The SMILES string of the molecule is CCOC(=O)C1=C(O)/C(=C/c2cc(OCC)c(OCc3ccccc3)cc2Br)SC1=Nc1ccccc1. The highest BCUT2D eigenvalue weighted by molar-refractivity contribution is 9.10. The molecule has 1 heterocycles. The van der Waals surface area contributed by atoms with E-state index in [4.69, 9.17) is 14.2 Å². The highest BCUT2D eigenvalue weighted by Gasteiger charge is 2.33. The van der Waals surface area contributed by atoms with Gasteiger partial charge in [0.05, 0.1) is 23.8 Å². The van der Waals surface area contributed by atoms with E-state index in [0.717, 1.165) is 15.6 Å². The first-order chi connectivity index (χ1) is 18.0. The van der Waals surface area contributed by atoms with Crippen molar-refractivity contribution in [1.29, 1.82) is 0 Å². The Morgan fingerprint density at radius 1 is 0.973 bits per heavy atom. The Hall–Kier alpha value is -3.49. The number of nitrogens with zero attached hydrogens (tertiary/aromatic N) is 1. The van der Waals surface area contributed by atoms with Crippen molar-refractivity contribution in [3.05, 3.63) is 105 Å². The van der Waals surface area contributed by atoms with E-state index < -0.39 is 5.97 Å². The molecule has 37 heavy (non-hydrogen) atoms. The lowest BCUT2D eigenvalue weighted by Crippen LogP contribution is -2.12. The van der Waals surface area contributed by atoms with Gasteiger partial charge in [-0.15, -0.1) is 0 Å². The quantitative estimate of drug-likeness (QED) is 0.263. The van der Waals surface area contributed by atoms with Gasteiger partial charge in [0.1, 0.15) is 23.0 Å². The second-order valence-corrected chi connectivity index (χ2v) is 9.72. The molecule has 1 N–H and O–H groups in total. The first-order valence-corrected chi connectivity index (χ1v) is 13.4. The summed E-state index contributed by atoms with van der Waals surface area (Å²) in [4.78, 5) is 17.7. The average Bonchev–Trinajstić information content (AvgIpc) is 3.20. The standard InChI is InChI=1S/C29H26BrNO5S/c1-3-34-23-15-20(22(30)17-24(23)36-18-19-11-7-5-8-12-19)16-25-27(32)26(29(33)35-4-2)28(37-25)31-21-13-9-6-10-14-21/h5-17,32H,3-4,18H2,1-2H3/b25-16-,31-28?. The Labute approximate surface area is 228 Å². The number of hydrogen-bond donors (Lipinski definition) is 1. The fraction of sp³-hybridized carbons (Fsp3) is 0.172. The van der Waals surface area contributed by atoms with E-state index in [-0.39, 0.29) is 17.9 Å². The number of halogens is 1. The second kappa shape index (κ2) is 12.7. The highest BCUT2D eigenvalue weighted by atomic mass is 79.9. The maximum Gasteiger partial charge on any atom is 0.344 e. The molecule has 0 amide bonds. The van der Waals surface area contributed by atoms with Gasteiger partial charge in [-0.25, -0.2) is 9.79 Å². The van der Waals surface area contributed by atoms with Crippen LogP contribution in [0.3, 0.4) is 0 Å². The lowest BCUT2D eigenvalue weighted by atomic mass is 10.1. The molecule has 0 spiro atoms. The van der Waals surface area contributed by atoms with Gasteiger partial charge in [0.25, 0.3) is 0 Å². The topological polar surface area (TPSA) is 77.4 Å². The van der Waals surface area contributed by atoms with Gasteiger partial charge in [0, 0.05) is 4.47 Å². The Kier molecular flexibility index (Phi) is 9.09. The van der Waals surface area contributed by atoms with Crippen molar-refractivity contribution in [2.75, 3.05) is 13.2 Å². The summed E-state index contributed by atoms with van der Waals surface area (Å²) in [5, 5.41) is 11.4. The monoisotopic (exact) mass is 579 g/mol. The number of carbonyl (C=O) groups is 1. The minimum Gasteiger partial charge on any atom is -0.506 e. The molecule has 0 bridgehead atoms. The number of rotatable bonds is 9. The lowest BCUT2D eigenvalue weighted by Gasteiger charge is -2.14. The third kappa shape index (κ3) is 6.64. The van der Waals surface area contributed by atoms with E-state index in [1.807, 2.05) is 79.7 Å². The molecule has 0 fully saturated rings. The molecule has 0 radical (unpaired) electrons. The number of thioether (sulfide) groups is 1. The summed E-state index contributed by atoms with van der Waals surface area (Å²) in [5.74, 6) is 0.373. The van der Waals surface area contributed by atoms with Crippen LogP contribution in [0.25, 0.3) is 6.08 Å². The highest BCUT2D eigenvalue weighted by Crippen LogP contribution is 2.42. The number of ether oxygens (including phenoxy) is 3. The molecule has 6 nitrogen and oxygen atoms in total. The van der Waals surface area contributed by atoms with Crippen molar-refractivity contribution in [2.24, 2.45) is 4.99 Å². The maximum atomic E-state index is 12.7. The van der Waals surface area contributed by atoms with E-state index in [1.165, 1.54) is 11.8 Å². The van der Waals surface area contributed by atoms with Crippen LogP contribution in [-0.2, 0) is 16.1 Å². The predicted molar refractivity (Wildman–Crippen MR) is 151 cm³/mol. The van der Waals surface area contributed by atoms with Crippen LogP contribution in [0, 0.1) is 0 Å². The number of benzene rings is 3. The van der Waals surface area contributed by atoms with E-state index in [1.54, 1.807) is 13.0 Å². The van der Waals surface area contributed by atoms with Crippen molar-refractivity contribution >= 4 is 50.5 Å². The molecule has 4 rings (SSSR count). The molecule has 0 saturated carbocycles. The van der Waals surface area contributed by atoms with Crippen LogP contribution in [0.5, 0.6) is 11.5 Å². The van der Waals surface area contributed by atoms with Gasteiger partial charge in [-0.1, -0.05) is 76.2 Å². The van der Waals surface area contributed by atoms with Gasteiger partial charge in [-0.2, -0.15) is 0 Å². The fourth-order valence-electron chi connectivity index (χ4n) is 3.53. The van der Waals surface area contributed by atoms with Crippen molar-refractivity contribution in [1.82, 2.24) is 0 Å². The second-order valence-electron chi connectivity index (χ2n) is 7.83. The minimum absolute atomic E-state index is 0.0471. The zero-order chi connectivity index (χ0) is 26.2. The summed E-state index contributed by atoms with van der Waals surface area (Å²) in [6, 6.07) is 22.8. The van der Waals surface area contributed by atoms with Crippen LogP contribution in [0.4, 0.5) is 5.69 Å². The van der Waals surface area contributed by atoms with Crippen molar-refractivity contribution in [3.63, 3.8) is 0 Å². The normalized spacial score (nSPS) is 15.3. The summed E-state index contributed by atoms with van der Waals surface area (Å²) in [6.45, 7) is 4.66. The molecule has 3 aromatic rings. The van der Waals surface area contributed by atoms with Crippen LogP contribution < -0.4 is 9.47 Å². The molecule has 0 unspecified atom stereocenters. The molecule has 190 valence electrons. The number of para-hydroxylation sites is 1. The summed E-state index contributed by atoms with van der Waals surface area (Å²) < 4.78 is 17.8. The van der Waals surface area contributed by atoms with Crippen LogP contribution in [0.15, 0.2) is 98.5 Å². The zero-order valence-electron chi connectivity index (χ0n) is 20.4. The van der Waals surface area contributed by atoms with E-state index in [2.05, 4.69) is 20.9 Å². The number of carbonyl (C=O) groups excluding carboxylic acids is 1. The largest absolute Gasteiger partial charge is 0.506 e. The summed E-state index contributed by atoms with van der Waals surface area (Å²) in [7, 11) is 0. The van der Waals surface area contributed by atoms with Crippen molar-refractivity contribution in [3.8, 4) is 11.5 Å². The van der Waals surface area contributed by atoms with Gasteiger partial charge < -0.3 is 19.3 Å². The number of aliphatic hydroxyl groups excluding tert-OH is 1. The number of esters is 1. The van der Waals surface area contributed by atoms with E-state index in [9.17, 15) is 9.90 Å². The van der Waals surface area contributed by atoms with Gasteiger partial charge in [0.15, 0.2) is 11.5 Å². The predicted octanol–water partition coefficient (Wildman–Crippen LogP) is 7.62. The van der Waals surface area contributed by atoms with Gasteiger partial charge in [-0.05, 0) is 55.3 Å². The molecular formula is C29H26BrNO5S. The van der Waals surface area contributed by atoms with Crippen molar-refractivity contribution < 1.29 is 24.1 Å². The van der Waals surface area contributed by atoms with Gasteiger partial charge >= 0.3 is 5.97 Å². The molecule has 8 heteroatoms. The molecule has 1 aliphatic rings. The van der Waals surface area contributed by atoms with Crippen molar-refractivity contribution in [2.45, 2.75) is 20.5 Å². The Morgan fingerprint density at radius 3 is 2.32 bits per heavy atom. The molecule has 1 aliphatic heterocycles. The van der Waals surface area contributed by atoms with Crippen LogP contribution in [0.2, 0.25) is 0 Å². The van der Waals surface area contributed by atoms with E-state index in [0.29, 0.717) is 40.3 Å². The summed E-state index contributed by atoms with van der Waals surface area (Å²) >= 11 is 4.82. The minimum atomic E-state index is -0.621. The van der Waals surface area contributed by atoms with E-state index >= 15 is 0 Å². The third-order valence-electron chi connectivity index (χ3n) is 5.24. The molecule has 3 aromatic carbocycles. The molecule has 0 saturated heterocycles. The first-order valence-electron chi connectivity index (χ1n) is 11.8. The van der Waals surface area contributed by atoms with Gasteiger partial charge in [0.2, 0.25) is 0 Å². The lowest BCUT2D eigenvalue weighted by molar-refractivity contribution is -0.138. The zero-order valence-corrected chi connectivity index (χ0v) is 22.8. The molecule has 0 atom stereocenters. The van der Waals surface area contributed by atoms with Crippen LogP contribution >= 0.6 is 27.7 Å². The fourth-order valence-corrected chi connectivity index (χ4v) is 4.99. The molecule has 0 aromatic heterocycles. The Balaban J connectivity index is 1.68. The Bertz CT molecular complexity index is 1350. The number of aliphatic imine (C=N–C) groups is 1. The van der Waals surface area contributed by atoms with Crippen LogP contribution in [0.1, 0.15) is 25.0 Å². The third-order valence-corrected chi connectivity index (χ3v) is 6.95. The first kappa shape index (κ1) is 26.6. The summed E-state index contributed by atoms with van der Waals surface area (Å²) in [6.07, 6.45) is 1.78. The van der Waals surface area contributed by atoms with Gasteiger partial charge in [-0.3, -0.25) is 0 Å². The maximum absolute atomic E-state index is 12.7. The average molecular weight is 581 g/mol. The smallest absolute Gasteiger partial charge is 0.344 e. The Morgan fingerprint density at radius 2 is 1.65 bits per heavy atom. The van der Waals surface area contributed by atoms with Crippen LogP contribution in [-0.4, -0.2) is 29.3 Å². The summed E-state index contributed by atoms with van der Waals surface area (Å²) in [5.41, 5.74) is 2.50. The molecular weight excluding hydrogens is 554 g/mol. The number of hydrogen-bond acceptors (Lipinski definition) is 7.